The van der Waals surface area contributed by atoms with E-state index < -0.39 is 0 Å². The number of amides is 1. The van der Waals surface area contributed by atoms with Gasteiger partial charge in [-0.05, 0) is 55.9 Å². The molecule has 1 aromatic carbocycles. The summed E-state index contributed by atoms with van der Waals surface area (Å²) >= 11 is 0. The number of H-pyrrole nitrogens is 1. The van der Waals surface area contributed by atoms with E-state index in [9.17, 15) is 4.79 Å². The Balaban J connectivity index is 1.45. The lowest BCUT2D eigenvalue weighted by molar-refractivity contribution is 0.0671. The zero-order chi connectivity index (χ0) is 17.2. The van der Waals surface area contributed by atoms with Gasteiger partial charge in [0.25, 0.3) is 5.91 Å². The first-order valence-electron chi connectivity index (χ1n) is 8.88. The minimum absolute atomic E-state index is 0.0722. The van der Waals surface area contributed by atoms with Gasteiger partial charge in [0.1, 0.15) is 13.2 Å². The monoisotopic (exact) mass is 341 g/mol. The van der Waals surface area contributed by atoms with E-state index in [0.717, 1.165) is 32.4 Å². The second-order valence-electron chi connectivity index (χ2n) is 6.85. The van der Waals surface area contributed by atoms with Gasteiger partial charge in [0, 0.05) is 24.3 Å². The molecule has 2 aliphatic heterocycles. The van der Waals surface area contributed by atoms with Gasteiger partial charge >= 0.3 is 0 Å². The highest BCUT2D eigenvalue weighted by molar-refractivity contribution is 5.95. The fourth-order valence-electron chi connectivity index (χ4n) is 3.64. The predicted octanol–water partition coefficient (Wildman–Crippen LogP) is 2.58. The number of carbonyl (C=O) groups is 1. The van der Waals surface area contributed by atoms with E-state index in [4.69, 9.17) is 9.47 Å². The molecule has 4 rings (SSSR count). The molecule has 132 valence electrons. The van der Waals surface area contributed by atoms with Crippen molar-refractivity contribution in [3.63, 3.8) is 0 Å². The highest BCUT2D eigenvalue weighted by atomic mass is 16.6. The van der Waals surface area contributed by atoms with Crippen molar-refractivity contribution in [1.29, 1.82) is 0 Å². The summed E-state index contributed by atoms with van der Waals surface area (Å²) in [6.45, 7) is 4.75. The fourth-order valence-corrected chi connectivity index (χ4v) is 3.64. The first kappa shape index (κ1) is 16.0. The van der Waals surface area contributed by atoms with Crippen molar-refractivity contribution in [2.45, 2.75) is 26.2 Å². The number of benzene rings is 1. The molecule has 1 saturated heterocycles. The predicted molar refractivity (Wildman–Crippen MR) is 93.1 cm³/mol. The summed E-state index contributed by atoms with van der Waals surface area (Å²) in [5.41, 5.74) is 3.04. The van der Waals surface area contributed by atoms with E-state index in [1.54, 1.807) is 6.07 Å². The van der Waals surface area contributed by atoms with Crippen molar-refractivity contribution < 1.29 is 14.3 Å². The Morgan fingerprint density at radius 3 is 2.96 bits per heavy atom. The number of hydrogen-bond acceptors (Lipinski definition) is 4. The summed E-state index contributed by atoms with van der Waals surface area (Å²) < 4.78 is 11.1. The minimum atomic E-state index is 0.0722. The molecule has 0 aliphatic carbocycles. The topological polar surface area (TPSA) is 67.5 Å². The molecule has 0 spiro atoms. The molecule has 1 fully saturated rings. The molecular formula is C19H23N3O3. The minimum Gasteiger partial charge on any atom is -0.486 e. The van der Waals surface area contributed by atoms with Crippen molar-refractivity contribution in [2.24, 2.45) is 5.92 Å². The zero-order valence-electron chi connectivity index (χ0n) is 14.5. The highest BCUT2D eigenvalue weighted by Crippen LogP contribution is 2.31. The summed E-state index contributed by atoms with van der Waals surface area (Å²) in [7, 11) is 0. The van der Waals surface area contributed by atoms with E-state index in [2.05, 4.69) is 17.1 Å². The van der Waals surface area contributed by atoms with Crippen molar-refractivity contribution in [3.8, 4) is 11.5 Å². The van der Waals surface area contributed by atoms with Crippen molar-refractivity contribution in [3.05, 3.63) is 41.2 Å². The van der Waals surface area contributed by atoms with Gasteiger partial charge in [0.05, 0.1) is 6.20 Å². The number of rotatable bonds is 3. The largest absolute Gasteiger partial charge is 0.486 e. The molecule has 2 aliphatic rings. The van der Waals surface area contributed by atoms with Crippen molar-refractivity contribution in [1.82, 2.24) is 15.1 Å². The van der Waals surface area contributed by atoms with Crippen molar-refractivity contribution >= 4 is 5.91 Å². The van der Waals surface area contributed by atoms with E-state index in [-0.39, 0.29) is 5.91 Å². The van der Waals surface area contributed by atoms with Crippen LogP contribution in [0.15, 0.2) is 24.4 Å². The van der Waals surface area contributed by atoms with Gasteiger partial charge in [-0.1, -0.05) is 0 Å². The number of aryl methyl sites for hydroxylation is 1. The molecule has 0 bridgehead atoms. The van der Waals surface area contributed by atoms with Crippen LogP contribution in [0.1, 0.15) is 34.5 Å². The maximum absolute atomic E-state index is 12.9. The number of carbonyl (C=O) groups excluding carboxylic acids is 1. The summed E-state index contributed by atoms with van der Waals surface area (Å²) in [5, 5.41) is 7.18. The average molecular weight is 341 g/mol. The molecule has 1 unspecified atom stereocenters. The second-order valence-corrected chi connectivity index (χ2v) is 6.85. The van der Waals surface area contributed by atoms with E-state index in [0.29, 0.717) is 36.2 Å². The van der Waals surface area contributed by atoms with Crippen LogP contribution in [-0.2, 0) is 6.42 Å². The van der Waals surface area contributed by atoms with Gasteiger partial charge in [0.2, 0.25) is 0 Å². The third-order valence-electron chi connectivity index (χ3n) is 5.02. The second kappa shape index (κ2) is 6.78. The Kier molecular flexibility index (Phi) is 4.34. The number of nitrogens with one attached hydrogen (secondary N) is 1. The Morgan fingerprint density at radius 2 is 2.16 bits per heavy atom. The Labute approximate surface area is 147 Å². The van der Waals surface area contributed by atoms with Crippen LogP contribution in [0, 0.1) is 12.8 Å². The lowest BCUT2D eigenvalue weighted by atomic mass is 9.92. The van der Waals surface area contributed by atoms with Crippen LogP contribution in [0.3, 0.4) is 0 Å². The fraction of sp³-hybridized carbons (Fsp3) is 0.474. The number of piperidine rings is 1. The van der Waals surface area contributed by atoms with E-state index in [1.807, 2.05) is 23.2 Å². The average Bonchev–Trinajstić information content (AvgIpc) is 3.05. The number of ether oxygens (including phenoxy) is 2. The number of aromatic amines is 1. The molecular weight excluding hydrogens is 318 g/mol. The van der Waals surface area contributed by atoms with Crippen LogP contribution in [0.2, 0.25) is 0 Å². The van der Waals surface area contributed by atoms with Crippen LogP contribution in [0.5, 0.6) is 11.5 Å². The van der Waals surface area contributed by atoms with Gasteiger partial charge < -0.3 is 14.4 Å². The molecule has 1 N–H and O–H groups in total. The van der Waals surface area contributed by atoms with E-state index in [1.165, 1.54) is 11.3 Å². The molecule has 2 aromatic rings. The number of aromatic nitrogens is 2. The maximum Gasteiger partial charge on any atom is 0.254 e. The normalized spacial score (nSPS) is 19.7. The quantitative estimate of drug-likeness (QED) is 0.932. The van der Waals surface area contributed by atoms with Gasteiger partial charge in [0.15, 0.2) is 11.5 Å². The third kappa shape index (κ3) is 3.34. The van der Waals surface area contributed by atoms with Gasteiger partial charge in [-0.15, -0.1) is 0 Å². The standard InChI is InChI=1S/C19H23N3O3/c1-13-11-20-21-16(13)9-14-3-2-6-22(12-14)19(23)15-4-5-17-18(10-15)25-8-7-24-17/h4-5,10-11,14H,2-3,6-9,12H2,1H3,(H,20,21). The van der Waals surface area contributed by atoms with Gasteiger partial charge in [-0.2, -0.15) is 5.10 Å². The van der Waals surface area contributed by atoms with Crippen LogP contribution >= 0.6 is 0 Å². The van der Waals surface area contributed by atoms with Gasteiger partial charge in [-0.25, -0.2) is 0 Å². The van der Waals surface area contributed by atoms with Crippen LogP contribution < -0.4 is 9.47 Å². The molecule has 0 saturated carbocycles. The molecule has 0 radical (unpaired) electrons. The Hall–Kier alpha value is -2.50. The smallest absolute Gasteiger partial charge is 0.254 e. The Bertz CT molecular complexity index is 771. The third-order valence-corrected chi connectivity index (χ3v) is 5.02. The number of nitrogens with zero attached hydrogens (tertiary/aromatic N) is 2. The van der Waals surface area contributed by atoms with Crippen LogP contribution in [0.4, 0.5) is 0 Å². The summed E-state index contributed by atoms with van der Waals surface area (Å²) in [6.07, 6.45) is 4.98. The first-order chi connectivity index (χ1) is 12.2. The van der Waals surface area contributed by atoms with Crippen LogP contribution in [-0.4, -0.2) is 47.3 Å². The van der Waals surface area contributed by atoms with E-state index >= 15 is 0 Å². The molecule has 25 heavy (non-hydrogen) atoms. The SMILES string of the molecule is Cc1cn[nH]c1CC1CCCN(C(=O)c2ccc3c(c2)OCCO3)C1. The summed E-state index contributed by atoms with van der Waals surface area (Å²) in [4.78, 5) is 14.9. The summed E-state index contributed by atoms with van der Waals surface area (Å²) in [6, 6.07) is 5.47. The molecule has 1 aromatic heterocycles. The molecule has 1 atom stereocenters. The maximum atomic E-state index is 12.9. The molecule has 6 nitrogen and oxygen atoms in total. The van der Waals surface area contributed by atoms with Gasteiger partial charge in [-0.3, -0.25) is 9.89 Å². The van der Waals surface area contributed by atoms with Crippen LogP contribution in [0.25, 0.3) is 0 Å². The lowest BCUT2D eigenvalue weighted by Gasteiger charge is -2.33. The Morgan fingerprint density at radius 1 is 1.32 bits per heavy atom. The summed E-state index contributed by atoms with van der Waals surface area (Å²) in [5.74, 6) is 1.92. The highest BCUT2D eigenvalue weighted by Gasteiger charge is 2.26. The molecule has 6 heteroatoms. The molecule has 1 amide bonds. The number of hydrogen-bond donors (Lipinski definition) is 1. The van der Waals surface area contributed by atoms with Crippen molar-refractivity contribution in [2.75, 3.05) is 26.3 Å². The molecule has 3 heterocycles. The zero-order valence-corrected chi connectivity index (χ0v) is 14.5. The first-order valence-corrected chi connectivity index (χ1v) is 8.88. The number of fused-ring (bicyclic) bond motifs is 1. The lowest BCUT2D eigenvalue weighted by Crippen LogP contribution is -2.40. The number of likely N-dealkylation sites (tertiary alicyclic amines) is 1.